The first kappa shape index (κ1) is 17.4. The van der Waals surface area contributed by atoms with E-state index in [1.54, 1.807) is 0 Å². The highest BCUT2D eigenvalue weighted by molar-refractivity contribution is 5.83. The molecular weight excluding hydrogens is 295 g/mol. The second-order valence-corrected chi connectivity index (χ2v) is 5.02. The van der Waals surface area contributed by atoms with Gasteiger partial charge in [0.05, 0.1) is 12.0 Å². The number of carbonyl (C=O) groups is 1. The lowest BCUT2D eigenvalue weighted by Gasteiger charge is -2.32. The van der Waals surface area contributed by atoms with Crippen LogP contribution in [0.3, 0.4) is 0 Å². The Morgan fingerprint density at radius 1 is 1.00 bits per heavy atom. The summed E-state index contributed by atoms with van der Waals surface area (Å²) in [4.78, 5) is 12.0. The Morgan fingerprint density at radius 2 is 1.38 bits per heavy atom. The minimum absolute atomic E-state index is 0.0868. The Kier molecular flexibility index (Phi) is 4.96. The van der Waals surface area contributed by atoms with Crippen molar-refractivity contribution in [2.24, 2.45) is 5.92 Å². The van der Waals surface area contributed by atoms with Gasteiger partial charge in [-0.05, 0) is 19.8 Å². The highest BCUT2D eigenvalue weighted by atomic mass is 19.2. The van der Waals surface area contributed by atoms with Crippen LogP contribution in [0.2, 0.25) is 0 Å². The first-order chi connectivity index (χ1) is 9.60. The van der Waals surface area contributed by atoms with E-state index in [1.807, 2.05) is 0 Å². The predicted molar refractivity (Wildman–Crippen MR) is 65.1 cm³/mol. The summed E-state index contributed by atoms with van der Waals surface area (Å²) >= 11 is 0. The number of carbonyl (C=O) groups excluding carboxylic acids is 1. The van der Waals surface area contributed by atoms with E-state index < -0.39 is 52.0 Å². The van der Waals surface area contributed by atoms with Gasteiger partial charge in [0.1, 0.15) is 0 Å². The molecule has 0 spiro atoms. The molecule has 0 aliphatic heterocycles. The van der Waals surface area contributed by atoms with Gasteiger partial charge in [-0.3, -0.25) is 4.79 Å². The molecule has 0 aliphatic carbocycles. The van der Waals surface area contributed by atoms with Crippen LogP contribution in [-0.4, -0.2) is 12.6 Å². The molecule has 0 fully saturated rings. The molecule has 1 aromatic rings. The maximum Gasteiger partial charge on any atom is 0.316 e. The quantitative estimate of drug-likeness (QED) is 0.365. The topological polar surface area (TPSA) is 26.3 Å². The van der Waals surface area contributed by atoms with Crippen molar-refractivity contribution < 1.29 is 31.5 Å². The average molecular weight is 310 g/mol. The number of ether oxygens (including phenoxy) is 1. The molecule has 1 unspecified atom stereocenters. The summed E-state index contributed by atoms with van der Waals surface area (Å²) in [7, 11) is 0. The van der Waals surface area contributed by atoms with E-state index in [2.05, 4.69) is 0 Å². The van der Waals surface area contributed by atoms with Gasteiger partial charge in [-0.1, -0.05) is 13.8 Å². The van der Waals surface area contributed by atoms with Crippen LogP contribution in [0.4, 0.5) is 22.0 Å². The van der Waals surface area contributed by atoms with Crippen molar-refractivity contribution in [1.29, 1.82) is 0 Å². The van der Waals surface area contributed by atoms with Gasteiger partial charge in [0.15, 0.2) is 23.3 Å². The van der Waals surface area contributed by atoms with Crippen LogP contribution in [-0.2, 0) is 14.9 Å². The fraction of sp³-hybridized carbons (Fsp3) is 0.500. The Hall–Kier alpha value is -1.66. The molecule has 1 rings (SSSR count). The standard InChI is InChI=1S/C14H15F5O2/c1-5-21-13(20)14(4,6(2)3)7-8(15)10(17)12(19)11(18)9(7)16/h6H,5H2,1-4H3. The highest BCUT2D eigenvalue weighted by Gasteiger charge is 2.46. The van der Waals surface area contributed by atoms with E-state index in [0.29, 0.717) is 0 Å². The van der Waals surface area contributed by atoms with Crippen LogP contribution < -0.4 is 0 Å². The van der Waals surface area contributed by atoms with Crippen LogP contribution in [0.15, 0.2) is 0 Å². The molecule has 0 saturated carbocycles. The Labute approximate surface area is 118 Å². The van der Waals surface area contributed by atoms with Gasteiger partial charge >= 0.3 is 5.97 Å². The molecule has 0 saturated heterocycles. The molecule has 0 aromatic heterocycles. The zero-order valence-electron chi connectivity index (χ0n) is 12.0. The molecule has 0 amide bonds. The second-order valence-electron chi connectivity index (χ2n) is 5.02. The van der Waals surface area contributed by atoms with E-state index in [-0.39, 0.29) is 6.61 Å². The van der Waals surface area contributed by atoms with Gasteiger partial charge in [-0.25, -0.2) is 22.0 Å². The smallest absolute Gasteiger partial charge is 0.316 e. The van der Waals surface area contributed by atoms with E-state index >= 15 is 0 Å². The largest absolute Gasteiger partial charge is 0.465 e. The van der Waals surface area contributed by atoms with Crippen LogP contribution in [0.1, 0.15) is 33.3 Å². The van der Waals surface area contributed by atoms with Gasteiger partial charge in [0, 0.05) is 5.56 Å². The number of benzene rings is 1. The molecule has 0 radical (unpaired) electrons. The second kappa shape index (κ2) is 5.99. The number of rotatable bonds is 4. The third-order valence-corrected chi connectivity index (χ3v) is 3.58. The van der Waals surface area contributed by atoms with Crippen molar-refractivity contribution >= 4 is 5.97 Å². The first-order valence-electron chi connectivity index (χ1n) is 6.29. The molecule has 0 aliphatic rings. The van der Waals surface area contributed by atoms with Crippen molar-refractivity contribution in [3.63, 3.8) is 0 Å². The van der Waals surface area contributed by atoms with E-state index in [4.69, 9.17) is 4.74 Å². The van der Waals surface area contributed by atoms with Crippen LogP contribution in [0.25, 0.3) is 0 Å². The van der Waals surface area contributed by atoms with Crippen LogP contribution in [0.5, 0.6) is 0 Å². The normalized spacial score (nSPS) is 14.2. The summed E-state index contributed by atoms with van der Waals surface area (Å²) in [6, 6.07) is 0. The Balaban J connectivity index is 3.73. The van der Waals surface area contributed by atoms with E-state index in [1.165, 1.54) is 20.8 Å². The summed E-state index contributed by atoms with van der Waals surface area (Å²) in [6.45, 7) is 5.33. The molecule has 1 aromatic carbocycles. The maximum atomic E-state index is 13.9. The van der Waals surface area contributed by atoms with Crippen molar-refractivity contribution in [3.8, 4) is 0 Å². The molecule has 7 heteroatoms. The fourth-order valence-corrected chi connectivity index (χ4v) is 1.97. The summed E-state index contributed by atoms with van der Waals surface area (Å²) in [5.74, 6) is -12.3. The lowest BCUT2D eigenvalue weighted by Crippen LogP contribution is -2.41. The summed E-state index contributed by atoms with van der Waals surface area (Å²) in [6.07, 6.45) is 0. The third-order valence-electron chi connectivity index (χ3n) is 3.58. The van der Waals surface area contributed by atoms with Gasteiger partial charge < -0.3 is 4.74 Å². The Morgan fingerprint density at radius 3 is 1.71 bits per heavy atom. The zero-order chi connectivity index (χ0) is 16.5. The number of halogens is 5. The average Bonchev–Trinajstić information content (AvgIpc) is 2.42. The van der Waals surface area contributed by atoms with E-state index in [9.17, 15) is 26.7 Å². The molecule has 0 N–H and O–H groups in total. The molecule has 2 nitrogen and oxygen atoms in total. The van der Waals surface area contributed by atoms with Gasteiger partial charge in [0.2, 0.25) is 5.82 Å². The van der Waals surface area contributed by atoms with Crippen LogP contribution in [0, 0.1) is 35.0 Å². The highest BCUT2D eigenvalue weighted by Crippen LogP contribution is 2.39. The Bertz CT molecular complexity index is 542. The summed E-state index contributed by atoms with van der Waals surface area (Å²) in [5, 5.41) is 0. The molecule has 21 heavy (non-hydrogen) atoms. The number of hydrogen-bond donors (Lipinski definition) is 0. The third kappa shape index (κ3) is 2.61. The molecule has 118 valence electrons. The van der Waals surface area contributed by atoms with Crippen molar-refractivity contribution in [3.05, 3.63) is 34.6 Å². The zero-order valence-corrected chi connectivity index (χ0v) is 12.0. The van der Waals surface area contributed by atoms with E-state index in [0.717, 1.165) is 6.92 Å². The van der Waals surface area contributed by atoms with Crippen molar-refractivity contribution in [2.75, 3.05) is 6.61 Å². The minimum Gasteiger partial charge on any atom is -0.465 e. The van der Waals surface area contributed by atoms with Gasteiger partial charge in [-0.2, -0.15) is 0 Å². The number of hydrogen-bond acceptors (Lipinski definition) is 2. The van der Waals surface area contributed by atoms with Crippen molar-refractivity contribution in [1.82, 2.24) is 0 Å². The number of esters is 1. The minimum atomic E-state index is -2.26. The van der Waals surface area contributed by atoms with Gasteiger partial charge in [-0.15, -0.1) is 0 Å². The first-order valence-corrected chi connectivity index (χ1v) is 6.29. The lowest BCUT2D eigenvalue weighted by molar-refractivity contribution is -0.151. The SMILES string of the molecule is CCOC(=O)C(C)(c1c(F)c(F)c(F)c(F)c1F)C(C)C. The lowest BCUT2D eigenvalue weighted by atomic mass is 9.72. The summed E-state index contributed by atoms with van der Waals surface area (Å²) < 4.78 is 72.3. The molecule has 1 atom stereocenters. The van der Waals surface area contributed by atoms with Crippen LogP contribution >= 0.6 is 0 Å². The molecular formula is C14H15F5O2. The maximum absolute atomic E-state index is 13.9. The summed E-state index contributed by atoms with van der Waals surface area (Å²) in [5.41, 5.74) is -3.17. The van der Waals surface area contributed by atoms with Crippen molar-refractivity contribution in [2.45, 2.75) is 33.1 Å². The monoisotopic (exact) mass is 310 g/mol. The molecule has 0 bridgehead atoms. The predicted octanol–water partition coefficient (Wildman–Crippen LogP) is 3.86. The fourth-order valence-electron chi connectivity index (χ4n) is 1.97. The van der Waals surface area contributed by atoms with Gasteiger partial charge in [0.25, 0.3) is 0 Å². The molecule has 0 heterocycles.